The Bertz CT molecular complexity index is 469. The van der Waals surface area contributed by atoms with Crippen LogP contribution >= 0.6 is 0 Å². The first-order valence-corrected chi connectivity index (χ1v) is 6.11. The van der Waals surface area contributed by atoms with Crippen LogP contribution in [-0.2, 0) is 6.42 Å². The first-order valence-electron chi connectivity index (χ1n) is 6.11. The maximum atomic E-state index is 4.65. The Morgan fingerprint density at radius 2 is 2.12 bits per heavy atom. The molecule has 1 aromatic heterocycles. The maximum absolute atomic E-state index is 4.65. The summed E-state index contributed by atoms with van der Waals surface area (Å²) in [6, 6.07) is 6.29. The van der Waals surface area contributed by atoms with Crippen molar-refractivity contribution in [1.29, 1.82) is 0 Å². The molecule has 0 saturated carbocycles. The van der Waals surface area contributed by atoms with Gasteiger partial charge in [-0.05, 0) is 30.9 Å². The number of benzene rings is 1. The Hall–Kier alpha value is -1.31. The lowest BCUT2D eigenvalue weighted by Gasteiger charge is -2.01. The van der Waals surface area contributed by atoms with Crippen molar-refractivity contribution in [2.24, 2.45) is 5.92 Å². The molecule has 0 spiro atoms. The number of nitrogens with zero attached hydrogens (tertiary/aromatic N) is 1. The molecule has 0 amide bonds. The number of rotatable bonds is 4. The second kappa shape index (κ2) is 4.69. The van der Waals surface area contributed by atoms with Crippen LogP contribution in [0.3, 0.4) is 0 Å². The summed E-state index contributed by atoms with van der Waals surface area (Å²) in [5.74, 6) is 1.91. The lowest BCUT2D eigenvalue weighted by Crippen LogP contribution is -1.92. The molecule has 2 rings (SSSR count). The third-order valence-corrected chi connectivity index (χ3v) is 2.96. The molecule has 0 bridgehead atoms. The first kappa shape index (κ1) is 11.2. The Labute approximate surface area is 97.1 Å². The summed E-state index contributed by atoms with van der Waals surface area (Å²) < 4.78 is 0. The first-order chi connectivity index (χ1) is 7.66. The van der Waals surface area contributed by atoms with E-state index in [0.29, 0.717) is 0 Å². The van der Waals surface area contributed by atoms with Gasteiger partial charge in [0.25, 0.3) is 0 Å². The van der Waals surface area contributed by atoms with Crippen LogP contribution in [0.5, 0.6) is 0 Å². The zero-order chi connectivity index (χ0) is 11.5. The van der Waals surface area contributed by atoms with Gasteiger partial charge in [0.05, 0.1) is 11.0 Å². The van der Waals surface area contributed by atoms with Gasteiger partial charge < -0.3 is 4.98 Å². The van der Waals surface area contributed by atoms with Crippen molar-refractivity contribution in [2.75, 3.05) is 0 Å². The number of imidazole rings is 1. The van der Waals surface area contributed by atoms with E-state index < -0.39 is 0 Å². The van der Waals surface area contributed by atoms with Crippen molar-refractivity contribution in [3.63, 3.8) is 0 Å². The van der Waals surface area contributed by atoms with Crippen molar-refractivity contribution < 1.29 is 0 Å². The number of H-pyrrole nitrogens is 1. The van der Waals surface area contributed by atoms with Crippen LogP contribution in [0.25, 0.3) is 11.0 Å². The number of hydrogen-bond acceptors (Lipinski definition) is 1. The van der Waals surface area contributed by atoms with E-state index in [1.54, 1.807) is 0 Å². The highest BCUT2D eigenvalue weighted by Crippen LogP contribution is 2.17. The summed E-state index contributed by atoms with van der Waals surface area (Å²) >= 11 is 0. The SMILES string of the molecule is Cc1cccc2[nH]c(CCCC(C)C)nc12. The van der Waals surface area contributed by atoms with Gasteiger partial charge in [0.2, 0.25) is 0 Å². The topological polar surface area (TPSA) is 28.7 Å². The number of nitrogens with one attached hydrogen (secondary N) is 1. The van der Waals surface area contributed by atoms with E-state index in [1.807, 2.05) is 0 Å². The fraction of sp³-hybridized carbons (Fsp3) is 0.500. The molecule has 1 aromatic carbocycles. The van der Waals surface area contributed by atoms with E-state index >= 15 is 0 Å². The van der Waals surface area contributed by atoms with Crippen LogP contribution in [-0.4, -0.2) is 9.97 Å². The summed E-state index contributed by atoms with van der Waals surface area (Å²) in [7, 11) is 0. The van der Waals surface area contributed by atoms with E-state index in [0.717, 1.165) is 23.7 Å². The van der Waals surface area contributed by atoms with Gasteiger partial charge >= 0.3 is 0 Å². The van der Waals surface area contributed by atoms with Crippen LogP contribution in [0, 0.1) is 12.8 Å². The van der Waals surface area contributed by atoms with Crippen molar-refractivity contribution >= 4 is 11.0 Å². The average molecular weight is 216 g/mol. The third kappa shape index (κ3) is 2.43. The van der Waals surface area contributed by atoms with Crippen molar-refractivity contribution in [3.05, 3.63) is 29.6 Å². The van der Waals surface area contributed by atoms with Gasteiger partial charge in [0, 0.05) is 6.42 Å². The van der Waals surface area contributed by atoms with E-state index in [-0.39, 0.29) is 0 Å². The van der Waals surface area contributed by atoms with E-state index in [9.17, 15) is 0 Å². The van der Waals surface area contributed by atoms with Crippen LogP contribution in [0.4, 0.5) is 0 Å². The number of fused-ring (bicyclic) bond motifs is 1. The van der Waals surface area contributed by atoms with Crippen molar-refractivity contribution in [2.45, 2.75) is 40.0 Å². The number of hydrogen-bond donors (Lipinski definition) is 1. The fourth-order valence-electron chi connectivity index (χ4n) is 2.02. The molecule has 1 N–H and O–H groups in total. The predicted molar refractivity (Wildman–Crippen MR) is 68.6 cm³/mol. The Balaban J connectivity index is 2.11. The summed E-state index contributed by atoms with van der Waals surface area (Å²) in [5.41, 5.74) is 3.55. The van der Waals surface area contributed by atoms with Gasteiger partial charge in [0.15, 0.2) is 0 Å². The second-order valence-corrected chi connectivity index (χ2v) is 4.94. The van der Waals surface area contributed by atoms with Crippen LogP contribution in [0.2, 0.25) is 0 Å². The highest BCUT2D eigenvalue weighted by atomic mass is 14.9. The summed E-state index contributed by atoms with van der Waals surface area (Å²) in [5, 5.41) is 0. The minimum absolute atomic E-state index is 0.783. The van der Waals surface area contributed by atoms with Gasteiger partial charge in [-0.1, -0.05) is 32.4 Å². The molecular weight excluding hydrogens is 196 g/mol. The average Bonchev–Trinajstić information content (AvgIpc) is 2.61. The molecule has 16 heavy (non-hydrogen) atoms. The summed E-state index contributed by atoms with van der Waals surface area (Å²) in [4.78, 5) is 8.05. The quantitative estimate of drug-likeness (QED) is 0.826. The predicted octanol–water partition coefficient (Wildman–Crippen LogP) is 3.85. The van der Waals surface area contributed by atoms with E-state index in [2.05, 4.69) is 48.9 Å². The molecule has 2 nitrogen and oxygen atoms in total. The van der Waals surface area contributed by atoms with Gasteiger partial charge in [-0.3, -0.25) is 0 Å². The minimum atomic E-state index is 0.783. The Morgan fingerprint density at radius 3 is 2.81 bits per heavy atom. The van der Waals surface area contributed by atoms with Gasteiger partial charge in [-0.15, -0.1) is 0 Å². The zero-order valence-electron chi connectivity index (χ0n) is 10.4. The molecule has 1 heterocycles. The van der Waals surface area contributed by atoms with Crippen LogP contribution in [0.1, 0.15) is 38.1 Å². The maximum Gasteiger partial charge on any atom is 0.107 e. The van der Waals surface area contributed by atoms with Gasteiger partial charge in [-0.2, -0.15) is 0 Å². The molecule has 0 aliphatic rings. The second-order valence-electron chi connectivity index (χ2n) is 4.94. The van der Waals surface area contributed by atoms with E-state index in [4.69, 9.17) is 0 Å². The number of aromatic amines is 1. The number of aromatic nitrogens is 2. The molecule has 2 heteroatoms. The molecule has 0 aliphatic carbocycles. The van der Waals surface area contributed by atoms with Crippen LogP contribution < -0.4 is 0 Å². The lowest BCUT2D eigenvalue weighted by atomic mass is 10.1. The standard InChI is InChI=1S/C14H20N2/c1-10(2)6-4-9-13-15-12-8-5-7-11(3)14(12)16-13/h5,7-8,10H,4,6,9H2,1-3H3,(H,15,16). The molecule has 0 saturated heterocycles. The Kier molecular flexibility index (Phi) is 3.28. The highest BCUT2D eigenvalue weighted by Gasteiger charge is 2.04. The minimum Gasteiger partial charge on any atom is -0.342 e. The summed E-state index contributed by atoms with van der Waals surface area (Å²) in [6.45, 7) is 6.65. The normalized spacial score (nSPS) is 11.5. The van der Waals surface area contributed by atoms with Gasteiger partial charge in [0.1, 0.15) is 5.82 Å². The molecule has 0 unspecified atom stereocenters. The largest absolute Gasteiger partial charge is 0.342 e. The monoisotopic (exact) mass is 216 g/mol. The number of para-hydroxylation sites is 1. The third-order valence-electron chi connectivity index (χ3n) is 2.96. The Morgan fingerprint density at radius 1 is 1.31 bits per heavy atom. The van der Waals surface area contributed by atoms with E-state index in [1.165, 1.54) is 23.9 Å². The van der Waals surface area contributed by atoms with Gasteiger partial charge in [-0.25, -0.2) is 4.98 Å². The molecule has 86 valence electrons. The molecule has 0 aliphatic heterocycles. The molecule has 0 radical (unpaired) electrons. The smallest absolute Gasteiger partial charge is 0.107 e. The number of aryl methyl sites for hydroxylation is 2. The molecule has 0 fully saturated rings. The molecular formula is C14H20N2. The zero-order valence-corrected chi connectivity index (χ0v) is 10.4. The van der Waals surface area contributed by atoms with Crippen LogP contribution in [0.15, 0.2) is 18.2 Å². The fourth-order valence-corrected chi connectivity index (χ4v) is 2.02. The van der Waals surface area contributed by atoms with Crippen molar-refractivity contribution in [1.82, 2.24) is 9.97 Å². The summed E-state index contributed by atoms with van der Waals surface area (Å²) in [6.07, 6.45) is 3.55. The molecule has 2 aromatic rings. The highest BCUT2D eigenvalue weighted by molar-refractivity contribution is 5.78. The lowest BCUT2D eigenvalue weighted by molar-refractivity contribution is 0.551. The molecule has 0 atom stereocenters. The van der Waals surface area contributed by atoms with Crippen molar-refractivity contribution in [3.8, 4) is 0 Å².